The molecule has 146 valence electrons. The molecule has 8 nitrogen and oxygen atoms in total. The highest BCUT2D eigenvalue weighted by molar-refractivity contribution is 9.10. The van der Waals surface area contributed by atoms with Crippen molar-refractivity contribution in [2.75, 3.05) is 31.2 Å². The number of amides is 1. The van der Waals surface area contributed by atoms with Crippen molar-refractivity contribution < 1.29 is 22.5 Å². The van der Waals surface area contributed by atoms with Gasteiger partial charge in [-0.05, 0) is 42.8 Å². The van der Waals surface area contributed by atoms with Gasteiger partial charge in [-0.2, -0.15) is 8.42 Å². The van der Waals surface area contributed by atoms with Crippen molar-refractivity contribution >= 4 is 37.8 Å². The largest absolute Gasteiger partial charge is 0.378 e. The molecule has 10 heteroatoms. The van der Waals surface area contributed by atoms with Gasteiger partial charge in [0, 0.05) is 23.1 Å². The fourth-order valence-corrected chi connectivity index (χ4v) is 3.31. The number of aromatic nitrogens is 1. The van der Waals surface area contributed by atoms with Gasteiger partial charge in [0.2, 0.25) is 5.91 Å². The molecule has 2 aromatic rings. The zero-order valence-corrected chi connectivity index (χ0v) is 17.0. The minimum atomic E-state index is -4.16. The van der Waals surface area contributed by atoms with Crippen molar-refractivity contribution in [2.24, 2.45) is 5.73 Å². The first-order valence-corrected chi connectivity index (χ1v) is 10.2. The van der Waals surface area contributed by atoms with Crippen LogP contribution in [0.1, 0.15) is 15.9 Å². The summed E-state index contributed by atoms with van der Waals surface area (Å²) >= 11 is 3.29. The van der Waals surface area contributed by atoms with E-state index in [-0.39, 0.29) is 10.8 Å². The Balaban J connectivity index is 0.000000208. The first-order chi connectivity index (χ1) is 12.7. The molecule has 2 heterocycles. The minimum absolute atomic E-state index is 0.190. The van der Waals surface area contributed by atoms with Crippen molar-refractivity contribution in [2.45, 2.75) is 11.8 Å². The fraction of sp³-hybridized carbons (Fsp3) is 0.294. The van der Waals surface area contributed by atoms with Crippen LogP contribution in [0.15, 0.2) is 45.9 Å². The van der Waals surface area contributed by atoms with Crippen LogP contribution in [-0.2, 0) is 14.9 Å². The van der Waals surface area contributed by atoms with Gasteiger partial charge in [0.05, 0.1) is 19.4 Å². The Morgan fingerprint density at radius 2 is 1.93 bits per heavy atom. The number of hydrogen-bond donors (Lipinski definition) is 2. The lowest BCUT2D eigenvalue weighted by atomic mass is 10.1. The fourth-order valence-electron chi connectivity index (χ4n) is 2.41. The Bertz CT molecular complexity index is 897. The smallest absolute Gasteiger partial charge is 0.296 e. The van der Waals surface area contributed by atoms with E-state index < -0.39 is 10.1 Å². The van der Waals surface area contributed by atoms with Gasteiger partial charge in [-0.3, -0.25) is 9.35 Å². The summed E-state index contributed by atoms with van der Waals surface area (Å²) in [7, 11) is -4.16. The van der Waals surface area contributed by atoms with E-state index in [1.54, 1.807) is 18.2 Å². The predicted molar refractivity (Wildman–Crippen MR) is 104 cm³/mol. The molecule has 0 aliphatic carbocycles. The molecule has 1 saturated heterocycles. The van der Waals surface area contributed by atoms with Gasteiger partial charge in [0.25, 0.3) is 10.1 Å². The average Bonchev–Trinajstić information content (AvgIpc) is 2.62. The number of anilines is 1. The highest BCUT2D eigenvalue weighted by atomic mass is 79.9. The van der Waals surface area contributed by atoms with Crippen molar-refractivity contribution in [1.29, 1.82) is 0 Å². The second-order valence-corrected chi connectivity index (χ2v) is 8.09. The van der Waals surface area contributed by atoms with Crippen molar-refractivity contribution in [1.82, 2.24) is 4.98 Å². The molecule has 1 aliphatic rings. The number of benzene rings is 1. The Hall–Kier alpha value is -2.01. The highest BCUT2D eigenvalue weighted by Crippen LogP contribution is 2.16. The summed E-state index contributed by atoms with van der Waals surface area (Å²) in [6.45, 7) is 4.60. The van der Waals surface area contributed by atoms with Crippen molar-refractivity contribution in [3.63, 3.8) is 0 Å². The monoisotopic (exact) mass is 457 g/mol. The quantitative estimate of drug-likeness (QED) is 0.675. The minimum Gasteiger partial charge on any atom is -0.378 e. The maximum absolute atomic E-state index is 10.8. The van der Waals surface area contributed by atoms with E-state index >= 15 is 0 Å². The third-order valence-electron chi connectivity index (χ3n) is 3.81. The number of halogens is 1. The van der Waals surface area contributed by atoms with Crippen LogP contribution >= 0.6 is 15.9 Å². The van der Waals surface area contributed by atoms with Gasteiger partial charge in [-0.15, -0.1) is 0 Å². The molecular formula is C17H20BrN3O5S. The van der Waals surface area contributed by atoms with E-state index in [0.29, 0.717) is 24.6 Å². The van der Waals surface area contributed by atoms with Gasteiger partial charge in [-0.25, -0.2) is 4.98 Å². The lowest BCUT2D eigenvalue weighted by Gasteiger charge is -2.27. The standard InChI is InChI=1S/C9H12N2O4S.C8H8BrNO/c12-16(13,14)8-1-2-9(10-7-8)11-3-5-15-6-4-11;1-5-4-6(9)2-3-7(5)8(10)11/h1-2,7H,3-6H2,(H,12,13,14);2-4H,1H3,(H2,10,11). The number of primary amides is 1. The Morgan fingerprint density at radius 3 is 2.41 bits per heavy atom. The molecular weight excluding hydrogens is 438 g/mol. The number of ether oxygens (including phenoxy) is 1. The Labute approximate surface area is 166 Å². The number of pyridine rings is 1. The molecule has 0 spiro atoms. The number of rotatable bonds is 3. The van der Waals surface area contributed by atoms with Crippen molar-refractivity contribution in [3.8, 4) is 0 Å². The number of aryl methyl sites for hydroxylation is 1. The maximum atomic E-state index is 10.8. The Morgan fingerprint density at radius 1 is 1.26 bits per heavy atom. The van der Waals surface area contributed by atoms with Gasteiger partial charge < -0.3 is 15.4 Å². The molecule has 0 bridgehead atoms. The molecule has 0 radical (unpaired) electrons. The second kappa shape index (κ2) is 9.27. The van der Waals surface area contributed by atoms with E-state index in [9.17, 15) is 13.2 Å². The van der Waals surface area contributed by atoms with Crippen LogP contribution in [0.3, 0.4) is 0 Å². The zero-order chi connectivity index (χ0) is 20.0. The first kappa shape index (κ1) is 21.3. The van der Waals surface area contributed by atoms with Gasteiger partial charge in [0.1, 0.15) is 10.7 Å². The summed E-state index contributed by atoms with van der Waals surface area (Å²) in [5, 5.41) is 0. The van der Waals surface area contributed by atoms with E-state index in [4.69, 9.17) is 15.0 Å². The number of carbonyl (C=O) groups excluding carboxylic acids is 1. The summed E-state index contributed by atoms with van der Waals surface area (Å²) in [5.41, 5.74) is 6.58. The summed E-state index contributed by atoms with van der Waals surface area (Å²) < 4.78 is 36.5. The van der Waals surface area contributed by atoms with Crippen LogP contribution in [0.25, 0.3) is 0 Å². The van der Waals surface area contributed by atoms with Crippen LogP contribution in [0, 0.1) is 6.92 Å². The first-order valence-electron chi connectivity index (χ1n) is 8.00. The van der Waals surface area contributed by atoms with Gasteiger partial charge >= 0.3 is 0 Å². The normalized spacial score (nSPS) is 14.3. The van der Waals surface area contributed by atoms with Crippen LogP contribution in [0.5, 0.6) is 0 Å². The topological polar surface area (TPSA) is 123 Å². The maximum Gasteiger partial charge on any atom is 0.296 e. The van der Waals surface area contributed by atoms with E-state index in [1.807, 2.05) is 17.9 Å². The predicted octanol–water partition coefficient (Wildman–Crippen LogP) is 2.02. The molecule has 1 aromatic heterocycles. The molecule has 1 aliphatic heterocycles. The van der Waals surface area contributed by atoms with E-state index in [0.717, 1.165) is 29.3 Å². The van der Waals surface area contributed by atoms with Crippen LogP contribution in [0.4, 0.5) is 5.82 Å². The Kier molecular flexibility index (Phi) is 7.31. The number of nitrogens with two attached hydrogens (primary N) is 1. The van der Waals surface area contributed by atoms with Crippen LogP contribution in [0.2, 0.25) is 0 Å². The van der Waals surface area contributed by atoms with Crippen LogP contribution < -0.4 is 10.6 Å². The molecule has 3 N–H and O–H groups in total. The molecule has 0 unspecified atom stereocenters. The molecule has 1 amide bonds. The van der Waals surface area contributed by atoms with E-state index in [1.165, 1.54) is 6.07 Å². The number of nitrogens with zero attached hydrogens (tertiary/aromatic N) is 2. The zero-order valence-electron chi connectivity index (χ0n) is 14.6. The van der Waals surface area contributed by atoms with Gasteiger partial charge in [-0.1, -0.05) is 15.9 Å². The lowest BCUT2D eigenvalue weighted by Crippen LogP contribution is -2.36. The molecule has 1 fully saturated rings. The summed E-state index contributed by atoms with van der Waals surface area (Å²) in [6, 6.07) is 8.29. The lowest BCUT2D eigenvalue weighted by molar-refractivity contribution is 0.0999. The average molecular weight is 458 g/mol. The number of hydrogen-bond acceptors (Lipinski definition) is 6. The summed E-state index contributed by atoms with van der Waals surface area (Å²) in [6.07, 6.45) is 1.15. The molecule has 1 aromatic carbocycles. The molecule has 0 atom stereocenters. The third kappa shape index (κ3) is 6.28. The molecule has 27 heavy (non-hydrogen) atoms. The number of carbonyl (C=O) groups is 1. The van der Waals surface area contributed by atoms with E-state index in [2.05, 4.69) is 20.9 Å². The highest BCUT2D eigenvalue weighted by Gasteiger charge is 2.14. The summed E-state index contributed by atoms with van der Waals surface area (Å²) in [4.78, 5) is 16.5. The molecule has 3 rings (SSSR count). The number of morpholine rings is 1. The SMILES string of the molecule is Cc1cc(Br)ccc1C(N)=O.O=S(=O)(O)c1ccc(N2CCOCC2)nc1. The van der Waals surface area contributed by atoms with Crippen molar-refractivity contribution in [3.05, 3.63) is 52.1 Å². The molecule has 0 saturated carbocycles. The second-order valence-electron chi connectivity index (χ2n) is 5.75. The van der Waals surface area contributed by atoms with Crippen LogP contribution in [-0.4, -0.2) is 50.2 Å². The third-order valence-corrected chi connectivity index (χ3v) is 5.14. The summed E-state index contributed by atoms with van der Waals surface area (Å²) in [5.74, 6) is 0.311. The van der Waals surface area contributed by atoms with Gasteiger partial charge in [0.15, 0.2) is 0 Å².